The van der Waals surface area contributed by atoms with Crippen LogP contribution in [0.25, 0.3) is 0 Å². The Balaban J connectivity index is 1.78. The molecular weight excluding hydrogens is 356 g/mol. The molecule has 28 heavy (non-hydrogen) atoms. The van der Waals surface area contributed by atoms with Crippen molar-refractivity contribution in [2.45, 2.75) is 6.54 Å². The predicted octanol–water partition coefficient (Wildman–Crippen LogP) is 2.19. The first-order chi connectivity index (χ1) is 13.7. The van der Waals surface area contributed by atoms with Gasteiger partial charge in [0, 0.05) is 31.0 Å². The number of ether oxygens (including phenoxy) is 1. The molecule has 0 spiro atoms. The fourth-order valence-corrected chi connectivity index (χ4v) is 2.48. The van der Waals surface area contributed by atoms with E-state index in [4.69, 9.17) is 16.2 Å². The van der Waals surface area contributed by atoms with E-state index in [9.17, 15) is 0 Å². The van der Waals surface area contributed by atoms with Crippen LogP contribution in [-0.2, 0) is 6.54 Å². The first kappa shape index (κ1) is 19.2. The highest BCUT2D eigenvalue weighted by atomic mass is 16.5. The van der Waals surface area contributed by atoms with Gasteiger partial charge in [0.25, 0.3) is 0 Å². The molecule has 1 heterocycles. The summed E-state index contributed by atoms with van der Waals surface area (Å²) in [4.78, 5) is 13.2. The molecule has 3 rings (SSSR count). The van der Waals surface area contributed by atoms with Gasteiger partial charge in [-0.3, -0.25) is 0 Å². The van der Waals surface area contributed by atoms with Gasteiger partial charge in [0.05, 0.1) is 7.11 Å². The number of anilines is 5. The van der Waals surface area contributed by atoms with E-state index in [1.54, 1.807) is 13.2 Å². The number of nitrogen functional groups attached to an aromatic ring is 1. The van der Waals surface area contributed by atoms with Crippen molar-refractivity contribution in [3.63, 3.8) is 0 Å². The maximum Gasteiger partial charge on any atom is 0.233 e. The smallest absolute Gasteiger partial charge is 0.233 e. The number of nitrogens with zero attached hydrogens (tertiary/aromatic N) is 3. The summed E-state index contributed by atoms with van der Waals surface area (Å²) in [6.07, 6.45) is 0. The zero-order valence-corrected chi connectivity index (χ0v) is 15.6. The minimum absolute atomic E-state index is 0.397. The van der Waals surface area contributed by atoms with Gasteiger partial charge < -0.3 is 32.2 Å². The number of methoxy groups -OCH3 is 1. The van der Waals surface area contributed by atoms with Crippen LogP contribution >= 0.6 is 0 Å². The van der Waals surface area contributed by atoms with Gasteiger partial charge in [-0.05, 0) is 35.9 Å². The Bertz CT molecular complexity index is 918. The maximum atomic E-state index is 5.83. The summed E-state index contributed by atoms with van der Waals surface area (Å²) in [6, 6.07) is 15.1. The van der Waals surface area contributed by atoms with E-state index in [0.717, 1.165) is 17.0 Å². The highest BCUT2D eigenvalue weighted by Crippen LogP contribution is 2.19. The molecule has 0 saturated carbocycles. The lowest BCUT2D eigenvalue weighted by molar-refractivity contribution is 0.414. The molecule has 3 aromatic rings. The zero-order valence-electron chi connectivity index (χ0n) is 15.6. The highest BCUT2D eigenvalue weighted by Gasteiger charge is 2.07. The number of nitrogens with two attached hydrogens (primary N) is 2. The molecule has 7 N–H and O–H groups in total. The topological polar surface area (TPSA) is 136 Å². The number of rotatable bonds is 9. The quantitative estimate of drug-likeness (QED) is 0.354. The molecular formula is C19H24N8O. The van der Waals surface area contributed by atoms with Crippen LogP contribution in [0.15, 0.2) is 48.5 Å². The molecule has 146 valence electrons. The van der Waals surface area contributed by atoms with E-state index in [1.165, 1.54) is 0 Å². The lowest BCUT2D eigenvalue weighted by atomic mass is 10.2. The van der Waals surface area contributed by atoms with Gasteiger partial charge in [0.2, 0.25) is 17.8 Å². The average molecular weight is 380 g/mol. The SMILES string of the molecule is COc1cccc(CNc2nc(NCCN)nc(Nc3cccc(N)c3)n2)c1. The standard InChI is InChI=1S/C19H24N8O/c1-28-16-7-2-4-13(10-16)12-23-18-25-17(22-9-8-20)26-19(27-18)24-15-6-3-5-14(21)11-15/h2-7,10-11H,8-9,12,20-21H2,1H3,(H3,22,23,24,25,26,27). The first-order valence-electron chi connectivity index (χ1n) is 8.85. The van der Waals surface area contributed by atoms with Gasteiger partial charge >= 0.3 is 0 Å². The number of nitrogens with one attached hydrogen (secondary N) is 3. The van der Waals surface area contributed by atoms with Crippen LogP contribution in [-0.4, -0.2) is 35.2 Å². The van der Waals surface area contributed by atoms with Crippen molar-refractivity contribution < 1.29 is 4.74 Å². The summed E-state index contributed by atoms with van der Waals surface area (Å²) in [7, 11) is 1.64. The lowest BCUT2D eigenvalue weighted by Crippen LogP contribution is -2.16. The van der Waals surface area contributed by atoms with E-state index < -0.39 is 0 Å². The van der Waals surface area contributed by atoms with Gasteiger partial charge in [-0.15, -0.1) is 0 Å². The Labute approximate surface area is 163 Å². The Hall–Kier alpha value is -3.59. The number of benzene rings is 2. The van der Waals surface area contributed by atoms with Gasteiger partial charge in [-0.25, -0.2) is 0 Å². The van der Waals surface area contributed by atoms with Gasteiger partial charge in [0.1, 0.15) is 5.75 Å². The Morgan fingerprint density at radius 1 is 0.929 bits per heavy atom. The van der Waals surface area contributed by atoms with Crippen LogP contribution in [0.3, 0.4) is 0 Å². The summed E-state index contributed by atoms with van der Waals surface area (Å²) in [6.45, 7) is 1.56. The molecule has 0 atom stereocenters. The van der Waals surface area contributed by atoms with Crippen molar-refractivity contribution in [3.8, 4) is 5.75 Å². The van der Waals surface area contributed by atoms with Crippen molar-refractivity contribution in [1.82, 2.24) is 15.0 Å². The molecule has 2 aromatic carbocycles. The summed E-state index contributed by atoms with van der Waals surface area (Å²) < 4.78 is 5.25. The van der Waals surface area contributed by atoms with Crippen LogP contribution in [0.4, 0.5) is 29.2 Å². The highest BCUT2D eigenvalue weighted by molar-refractivity contribution is 5.60. The Morgan fingerprint density at radius 2 is 1.68 bits per heavy atom. The number of hydrogen-bond acceptors (Lipinski definition) is 9. The number of hydrogen-bond donors (Lipinski definition) is 5. The van der Waals surface area contributed by atoms with E-state index in [-0.39, 0.29) is 0 Å². The van der Waals surface area contributed by atoms with Crippen molar-refractivity contribution in [3.05, 3.63) is 54.1 Å². The first-order valence-corrected chi connectivity index (χ1v) is 8.85. The van der Waals surface area contributed by atoms with E-state index in [0.29, 0.717) is 43.2 Å². The summed E-state index contributed by atoms with van der Waals surface area (Å²) in [5.74, 6) is 2.06. The lowest BCUT2D eigenvalue weighted by Gasteiger charge is -2.12. The summed E-state index contributed by atoms with van der Waals surface area (Å²) >= 11 is 0. The van der Waals surface area contributed by atoms with E-state index in [2.05, 4.69) is 30.9 Å². The molecule has 0 radical (unpaired) electrons. The zero-order chi connectivity index (χ0) is 19.8. The third kappa shape index (κ3) is 5.45. The predicted molar refractivity (Wildman–Crippen MR) is 112 cm³/mol. The van der Waals surface area contributed by atoms with Crippen molar-refractivity contribution in [1.29, 1.82) is 0 Å². The van der Waals surface area contributed by atoms with Crippen LogP contribution < -0.4 is 32.2 Å². The van der Waals surface area contributed by atoms with Crippen molar-refractivity contribution in [2.75, 3.05) is 41.9 Å². The number of aromatic nitrogens is 3. The average Bonchev–Trinajstić information content (AvgIpc) is 2.71. The minimum Gasteiger partial charge on any atom is -0.497 e. The van der Waals surface area contributed by atoms with Gasteiger partial charge in [0.15, 0.2) is 0 Å². The molecule has 0 unspecified atom stereocenters. The molecule has 0 aliphatic heterocycles. The van der Waals surface area contributed by atoms with E-state index in [1.807, 2.05) is 42.5 Å². The Morgan fingerprint density at radius 3 is 2.43 bits per heavy atom. The van der Waals surface area contributed by atoms with Crippen LogP contribution in [0, 0.1) is 0 Å². The second-order valence-electron chi connectivity index (χ2n) is 5.98. The molecule has 0 aliphatic carbocycles. The van der Waals surface area contributed by atoms with Gasteiger partial charge in [-0.1, -0.05) is 18.2 Å². The van der Waals surface area contributed by atoms with Gasteiger partial charge in [-0.2, -0.15) is 15.0 Å². The molecule has 0 amide bonds. The molecule has 0 saturated heterocycles. The second kappa shape index (κ2) is 9.38. The largest absolute Gasteiger partial charge is 0.497 e. The normalized spacial score (nSPS) is 10.4. The van der Waals surface area contributed by atoms with Crippen molar-refractivity contribution >= 4 is 29.2 Å². The van der Waals surface area contributed by atoms with E-state index >= 15 is 0 Å². The van der Waals surface area contributed by atoms with Crippen molar-refractivity contribution in [2.24, 2.45) is 5.73 Å². The fourth-order valence-electron chi connectivity index (χ4n) is 2.48. The molecule has 0 aliphatic rings. The third-order valence-corrected chi connectivity index (χ3v) is 3.79. The fraction of sp³-hybridized carbons (Fsp3) is 0.211. The minimum atomic E-state index is 0.397. The molecule has 0 bridgehead atoms. The molecule has 1 aromatic heterocycles. The molecule has 0 fully saturated rings. The maximum absolute atomic E-state index is 5.83. The molecule has 9 nitrogen and oxygen atoms in total. The molecule has 9 heteroatoms. The van der Waals surface area contributed by atoms with Crippen LogP contribution in [0.1, 0.15) is 5.56 Å². The summed E-state index contributed by atoms with van der Waals surface area (Å²) in [5.41, 5.74) is 13.9. The Kier molecular flexibility index (Phi) is 6.42. The van der Waals surface area contributed by atoms with Crippen LogP contribution in [0.2, 0.25) is 0 Å². The summed E-state index contributed by atoms with van der Waals surface area (Å²) in [5, 5.41) is 9.43. The third-order valence-electron chi connectivity index (χ3n) is 3.79. The monoisotopic (exact) mass is 380 g/mol. The second-order valence-corrected chi connectivity index (χ2v) is 5.98. The van der Waals surface area contributed by atoms with Crippen LogP contribution in [0.5, 0.6) is 5.75 Å².